The summed E-state index contributed by atoms with van der Waals surface area (Å²) in [4.78, 5) is 13.8. The molecule has 0 spiro atoms. The van der Waals surface area contributed by atoms with Gasteiger partial charge in [0.1, 0.15) is 0 Å². The number of hydrogen-bond acceptors (Lipinski definition) is 1. The lowest BCUT2D eigenvalue weighted by Gasteiger charge is -2.39. The van der Waals surface area contributed by atoms with Gasteiger partial charge in [-0.25, -0.2) is 0 Å². The number of nitrogens with zero attached hydrogens (tertiary/aromatic N) is 1. The molecule has 86 valence electrons. The summed E-state index contributed by atoms with van der Waals surface area (Å²) < 4.78 is 0. The van der Waals surface area contributed by atoms with Gasteiger partial charge in [0.25, 0.3) is 5.91 Å². The van der Waals surface area contributed by atoms with Crippen LogP contribution in [-0.4, -0.2) is 24.4 Å². The summed E-state index contributed by atoms with van der Waals surface area (Å²) in [5, 5.41) is 0. The highest BCUT2D eigenvalue weighted by atomic mass is 16.2. The molecule has 1 atom stereocenters. The Morgan fingerprint density at radius 2 is 1.88 bits per heavy atom. The number of carbonyl (C=O) groups is 1. The lowest BCUT2D eigenvalue weighted by molar-refractivity contribution is 0.0732. The van der Waals surface area contributed by atoms with Crippen molar-refractivity contribution in [1.29, 1.82) is 0 Å². The molecule has 1 heterocycles. The second-order valence-electron chi connectivity index (χ2n) is 5.69. The molecule has 0 radical (unpaired) electrons. The first-order valence-corrected chi connectivity index (χ1v) is 5.75. The van der Waals surface area contributed by atoms with Gasteiger partial charge in [0, 0.05) is 25.1 Å². The molecule has 1 aliphatic rings. The Hall–Kier alpha value is -1.31. The van der Waals surface area contributed by atoms with E-state index in [-0.39, 0.29) is 11.3 Å². The fraction of sp³-hybridized carbons (Fsp3) is 0.500. The lowest BCUT2D eigenvalue weighted by atomic mass is 9.73. The molecule has 0 aromatic heterocycles. The van der Waals surface area contributed by atoms with Crippen LogP contribution in [0, 0.1) is 5.41 Å². The number of rotatable bonds is 0. The van der Waals surface area contributed by atoms with Crippen LogP contribution in [0.15, 0.2) is 24.3 Å². The molecule has 1 unspecified atom stereocenters. The molecule has 0 N–H and O–H groups in total. The van der Waals surface area contributed by atoms with Crippen LogP contribution < -0.4 is 0 Å². The molecule has 2 rings (SSSR count). The minimum absolute atomic E-state index is 0.149. The van der Waals surface area contributed by atoms with Gasteiger partial charge in [-0.15, -0.1) is 0 Å². The smallest absolute Gasteiger partial charge is 0.253 e. The highest BCUT2D eigenvalue weighted by molar-refractivity contribution is 5.97. The topological polar surface area (TPSA) is 20.3 Å². The molecule has 1 aromatic carbocycles. The largest absolute Gasteiger partial charge is 0.341 e. The SMILES string of the molecule is CN1CC(C(C)(C)C)c2ccccc2C1=O. The van der Waals surface area contributed by atoms with Crippen molar-refractivity contribution in [2.75, 3.05) is 13.6 Å². The van der Waals surface area contributed by atoms with Gasteiger partial charge in [-0.3, -0.25) is 4.79 Å². The molecule has 2 heteroatoms. The summed E-state index contributed by atoms with van der Waals surface area (Å²) in [5.74, 6) is 0.572. The number of hydrogen-bond donors (Lipinski definition) is 0. The number of likely N-dealkylation sites (N-methyl/N-ethyl adjacent to an activating group) is 1. The second kappa shape index (κ2) is 3.62. The van der Waals surface area contributed by atoms with E-state index >= 15 is 0 Å². The molecule has 1 amide bonds. The third kappa shape index (κ3) is 1.73. The minimum Gasteiger partial charge on any atom is -0.341 e. The fourth-order valence-electron chi connectivity index (χ4n) is 2.40. The van der Waals surface area contributed by atoms with Crippen molar-refractivity contribution in [2.24, 2.45) is 5.41 Å². The highest BCUT2D eigenvalue weighted by Crippen LogP contribution is 2.39. The predicted octanol–water partition coefficient (Wildman–Crippen LogP) is 2.90. The lowest BCUT2D eigenvalue weighted by Crippen LogP contribution is -2.41. The number of benzene rings is 1. The van der Waals surface area contributed by atoms with Gasteiger partial charge < -0.3 is 4.90 Å². The van der Waals surface area contributed by atoms with E-state index in [1.807, 2.05) is 30.1 Å². The van der Waals surface area contributed by atoms with Crippen molar-refractivity contribution >= 4 is 5.91 Å². The summed E-state index contributed by atoms with van der Waals surface area (Å²) in [6.45, 7) is 7.52. The van der Waals surface area contributed by atoms with E-state index in [0.29, 0.717) is 5.92 Å². The maximum Gasteiger partial charge on any atom is 0.253 e. The highest BCUT2D eigenvalue weighted by Gasteiger charge is 2.35. The molecule has 0 bridgehead atoms. The first-order valence-electron chi connectivity index (χ1n) is 5.75. The van der Waals surface area contributed by atoms with Crippen molar-refractivity contribution in [1.82, 2.24) is 4.90 Å². The predicted molar refractivity (Wildman–Crippen MR) is 65.6 cm³/mol. The van der Waals surface area contributed by atoms with Gasteiger partial charge in [0.15, 0.2) is 0 Å². The standard InChI is InChI=1S/C14H19NO/c1-14(2,3)12-9-15(4)13(16)11-8-6-5-7-10(11)12/h5-8,12H,9H2,1-4H3. The van der Waals surface area contributed by atoms with Crippen LogP contribution in [0.3, 0.4) is 0 Å². The van der Waals surface area contributed by atoms with Crippen molar-refractivity contribution in [3.63, 3.8) is 0 Å². The second-order valence-corrected chi connectivity index (χ2v) is 5.69. The van der Waals surface area contributed by atoms with E-state index in [4.69, 9.17) is 0 Å². The molecule has 0 saturated heterocycles. The zero-order valence-corrected chi connectivity index (χ0v) is 10.4. The summed E-state index contributed by atoms with van der Waals surface area (Å²) in [7, 11) is 1.89. The Kier molecular flexibility index (Phi) is 2.53. The van der Waals surface area contributed by atoms with Gasteiger partial charge in [-0.2, -0.15) is 0 Å². The third-order valence-electron chi connectivity index (χ3n) is 3.42. The Bertz CT molecular complexity index is 417. The number of carbonyl (C=O) groups excluding carboxylic acids is 1. The van der Waals surface area contributed by atoms with Crippen LogP contribution in [0.4, 0.5) is 0 Å². The molecule has 0 fully saturated rings. The van der Waals surface area contributed by atoms with Crippen molar-refractivity contribution in [3.05, 3.63) is 35.4 Å². The summed E-state index contributed by atoms with van der Waals surface area (Å²) in [5.41, 5.74) is 2.26. The van der Waals surface area contributed by atoms with Gasteiger partial charge in [0.05, 0.1) is 0 Å². The number of fused-ring (bicyclic) bond motifs is 1. The van der Waals surface area contributed by atoms with Crippen molar-refractivity contribution < 1.29 is 4.79 Å². The molecule has 16 heavy (non-hydrogen) atoms. The van der Waals surface area contributed by atoms with Crippen LogP contribution >= 0.6 is 0 Å². The van der Waals surface area contributed by atoms with E-state index in [0.717, 1.165) is 12.1 Å². The van der Waals surface area contributed by atoms with Crippen LogP contribution in [0.25, 0.3) is 0 Å². The van der Waals surface area contributed by atoms with Gasteiger partial charge >= 0.3 is 0 Å². The van der Waals surface area contributed by atoms with E-state index in [9.17, 15) is 4.79 Å². The van der Waals surface area contributed by atoms with Gasteiger partial charge in [0.2, 0.25) is 0 Å². The third-order valence-corrected chi connectivity index (χ3v) is 3.42. The quantitative estimate of drug-likeness (QED) is 0.654. The monoisotopic (exact) mass is 217 g/mol. The Balaban J connectivity index is 2.53. The average molecular weight is 217 g/mol. The van der Waals surface area contributed by atoms with E-state index in [2.05, 4.69) is 26.8 Å². The van der Waals surface area contributed by atoms with Gasteiger partial charge in [-0.05, 0) is 17.0 Å². The number of amides is 1. The molecule has 0 aliphatic carbocycles. The molecule has 2 nitrogen and oxygen atoms in total. The normalized spacial score (nSPS) is 20.9. The fourth-order valence-corrected chi connectivity index (χ4v) is 2.40. The molecular weight excluding hydrogens is 198 g/mol. The maximum absolute atomic E-state index is 12.0. The van der Waals surface area contributed by atoms with E-state index in [1.54, 1.807) is 0 Å². The van der Waals surface area contributed by atoms with E-state index in [1.165, 1.54) is 5.56 Å². The average Bonchev–Trinajstić information content (AvgIpc) is 2.22. The van der Waals surface area contributed by atoms with E-state index < -0.39 is 0 Å². The summed E-state index contributed by atoms with van der Waals surface area (Å²) >= 11 is 0. The Morgan fingerprint density at radius 3 is 2.50 bits per heavy atom. The minimum atomic E-state index is 0.149. The van der Waals surface area contributed by atoms with Crippen LogP contribution in [-0.2, 0) is 0 Å². The van der Waals surface area contributed by atoms with Crippen molar-refractivity contribution in [2.45, 2.75) is 26.7 Å². The van der Waals surface area contributed by atoms with Crippen LogP contribution in [0.1, 0.15) is 42.6 Å². The van der Waals surface area contributed by atoms with Gasteiger partial charge in [-0.1, -0.05) is 39.0 Å². The first kappa shape index (κ1) is 11.2. The maximum atomic E-state index is 12.0. The molecular formula is C14H19NO. The molecule has 1 aromatic rings. The summed E-state index contributed by atoms with van der Waals surface area (Å²) in [6.07, 6.45) is 0. The summed E-state index contributed by atoms with van der Waals surface area (Å²) in [6, 6.07) is 7.99. The zero-order valence-electron chi connectivity index (χ0n) is 10.4. The molecule has 0 saturated carbocycles. The Labute approximate surface area is 97.3 Å². The Morgan fingerprint density at radius 1 is 1.25 bits per heavy atom. The van der Waals surface area contributed by atoms with Crippen LogP contribution in [0.5, 0.6) is 0 Å². The molecule has 1 aliphatic heterocycles. The first-order chi connectivity index (χ1) is 7.41. The van der Waals surface area contributed by atoms with Crippen molar-refractivity contribution in [3.8, 4) is 0 Å². The van der Waals surface area contributed by atoms with Crippen LogP contribution in [0.2, 0.25) is 0 Å². The zero-order chi connectivity index (χ0) is 11.9.